The van der Waals surface area contributed by atoms with Crippen LogP contribution >= 0.6 is 0 Å². The summed E-state index contributed by atoms with van der Waals surface area (Å²) >= 11 is 0. The molecule has 0 heterocycles. The van der Waals surface area contributed by atoms with Gasteiger partial charge < -0.3 is 14.8 Å². The lowest BCUT2D eigenvalue weighted by Crippen LogP contribution is -2.50. The summed E-state index contributed by atoms with van der Waals surface area (Å²) in [6, 6.07) is 0. The van der Waals surface area contributed by atoms with Crippen LogP contribution in [0.2, 0.25) is 0 Å². The van der Waals surface area contributed by atoms with Crippen LogP contribution in [0.4, 0.5) is 0 Å². The maximum absolute atomic E-state index is 11.6. The molecule has 0 amide bonds. The van der Waals surface area contributed by atoms with Gasteiger partial charge in [-0.15, -0.1) is 0 Å². The fourth-order valence-corrected chi connectivity index (χ4v) is 1.71. The van der Waals surface area contributed by atoms with Gasteiger partial charge in [0.25, 0.3) is 0 Å². The fourth-order valence-electron chi connectivity index (χ4n) is 1.71. The van der Waals surface area contributed by atoms with E-state index in [-0.39, 0.29) is 5.97 Å². The molecule has 0 radical (unpaired) electrons. The number of likely N-dealkylation sites (N-methyl/N-ethyl adjacent to an activating group) is 1. The molecule has 16 heavy (non-hydrogen) atoms. The van der Waals surface area contributed by atoms with Crippen molar-refractivity contribution in [1.82, 2.24) is 5.32 Å². The summed E-state index contributed by atoms with van der Waals surface area (Å²) in [5, 5.41) is 3.19. The molecule has 1 atom stereocenters. The first-order chi connectivity index (χ1) is 7.60. The van der Waals surface area contributed by atoms with Gasteiger partial charge in [-0.05, 0) is 39.7 Å². The molecule has 1 N–H and O–H groups in total. The van der Waals surface area contributed by atoms with Crippen molar-refractivity contribution in [3.05, 3.63) is 0 Å². The lowest BCUT2D eigenvalue weighted by atomic mass is 9.95. The number of hydrogen-bond donors (Lipinski definition) is 1. The summed E-state index contributed by atoms with van der Waals surface area (Å²) in [5.74, 6) is -0.189. The summed E-state index contributed by atoms with van der Waals surface area (Å²) < 4.78 is 10.1. The van der Waals surface area contributed by atoms with Crippen LogP contribution < -0.4 is 5.32 Å². The number of unbranched alkanes of at least 4 members (excludes halogenated alkanes) is 1. The van der Waals surface area contributed by atoms with E-state index in [0.717, 1.165) is 39.0 Å². The summed E-state index contributed by atoms with van der Waals surface area (Å²) in [6.07, 6.45) is 2.71. The van der Waals surface area contributed by atoms with Gasteiger partial charge in [-0.1, -0.05) is 6.92 Å². The van der Waals surface area contributed by atoms with Gasteiger partial charge in [0.1, 0.15) is 5.54 Å². The Labute approximate surface area is 98.7 Å². The third kappa shape index (κ3) is 5.47. The van der Waals surface area contributed by atoms with Crippen molar-refractivity contribution >= 4 is 5.97 Å². The maximum Gasteiger partial charge on any atom is 0.325 e. The summed E-state index contributed by atoms with van der Waals surface area (Å²) in [7, 11) is 1.43. The molecule has 0 aromatic carbocycles. The van der Waals surface area contributed by atoms with Gasteiger partial charge >= 0.3 is 5.97 Å². The van der Waals surface area contributed by atoms with Crippen molar-refractivity contribution in [2.24, 2.45) is 0 Å². The van der Waals surface area contributed by atoms with E-state index in [4.69, 9.17) is 9.47 Å². The van der Waals surface area contributed by atoms with Gasteiger partial charge in [-0.2, -0.15) is 0 Å². The van der Waals surface area contributed by atoms with Gasteiger partial charge in [-0.25, -0.2) is 0 Å². The van der Waals surface area contributed by atoms with E-state index in [0.29, 0.717) is 0 Å². The van der Waals surface area contributed by atoms with Gasteiger partial charge in [0, 0.05) is 13.2 Å². The lowest BCUT2D eigenvalue weighted by Gasteiger charge is -2.27. The minimum atomic E-state index is -0.560. The van der Waals surface area contributed by atoms with Gasteiger partial charge in [0.15, 0.2) is 0 Å². The number of hydrogen-bond acceptors (Lipinski definition) is 4. The maximum atomic E-state index is 11.6. The zero-order valence-corrected chi connectivity index (χ0v) is 11.0. The van der Waals surface area contributed by atoms with Crippen LogP contribution in [0.3, 0.4) is 0 Å². The largest absolute Gasteiger partial charge is 0.468 e. The SMILES string of the molecule is CCNC(C)(CCCCOCC)C(=O)OC. The molecule has 0 saturated carbocycles. The molecule has 0 aliphatic carbocycles. The smallest absolute Gasteiger partial charge is 0.325 e. The topological polar surface area (TPSA) is 47.6 Å². The number of methoxy groups -OCH3 is 1. The fraction of sp³-hybridized carbons (Fsp3) is 0.917. The Balaban J connectivity index is 3.97. The molecule has 0 saturated heterocycles. The van der Waals surface area contributed by atoms with Crippen molar-refractivity contribution in [2.45, 2.75) is 45.6 Å². The van der Waals surface area contributed by atoms with Gasteiger partial charge in [0.05, 0.1) is 7.11 Å². The van der Waals surface area contributed by atoms with Crippen LogP contribution in [0.5, 0.6) is 0 Å². The molecule has 0 aromatic heterocycles. The lowest BCUT2D eigenvalue weighted by molar-refractivity contribution is -0.148. The molecule has 0 aliphatic heterocycles. The first-order valence-corrected chi connectivity index (χ1v) is 6.02. The Morgan fingerprint density at radius 3 is 2.50 bits per heavy atom. The molecular weight excluding hydrogens is 206 g/mol. The second kappa shape index (κ2) is 8.53. The van der Waals surface area contributed by atoms with E-state index < -0.39 is 5.54 Å². The van der Waals surface area contributed by atoms with Crippen LogP contribution in [0, 0.1) is 0 Å². The Kier molecular flexibility index (Phi) is 8.21. The number of carbonyl (C=O) groups is 1. The molecule has 1 unspecified atom stereocenters. The molecule has 0 rings (SSSR count). The van der Waals surface area contributed by atoms with Gasteiger partial charge in [-0.3, -0.25) is 4.79 Å². The number of esters is 1. The Hall–Kier alpha value is -0.610. The minimum Gasteiger partial charge on any atom is -0.468 e. The molecule has 96 valence electrons. The molecule has 0 bridgehead atoms. The minimum absolute atomic E-state index is 0.189. The second-order valence-electron chi connectivity index (χ2n) is 4.01. The molecule has 4 nitrogen and oxygen atoms in total. The van der Waals surface area contributed by atoms with Crippen molar-refractivity contribution in [3.8, 4) is 0 Å². The van der Waals surface area contributed by atoms with Crippen LogP contribution in [0.1, 0.15) is 40.0 Å². The highest BCUT2D eigenvalue weighted by Crippen LogP contribution is 2.15. The van der Waals surface area contributed by atoms with Crippen LogP contribution in [-0.2, 0) is 14.3 Å². The highest BCUT2D eigenvalue weighted by Gasteiger charge is 2.32. The average molecular weight is 231 g/mol. The Morgan fingerprint density at radius 1 is 1.31 bits per heavy atom. The summed E-state index contributed by atoms with van der Waals surface area (Å²) in [4.78, 5) is 11.6. The van der Waals surface area contributed by atoms with Crippen molar-refractivity contribution in [1.29, 1.82) is 0 Å². The molecule has 4 heteroatoms. The molecule has 0 fully saturated rings. The van der Waals surface area contributed by atoms with Crippen molar-refractivity contribution in [2.75, 3.05) is 26.9 Å². The van der Waals surface area contributed by atoms with E-state index in [1.165, 1.54) is 7.11 Å². The predicted molar refractivity (Wildman–Crippen MR) is 64.4 cm³/mol. The summed E-state index contributed by atoms with van der Waals surface area (Å²) in [6.45, 7) is 8.14. The zero-order chi connectivity index (χ0) is 12.4. The van der Waals surface area contributed by atoms with Crippen LogP contribution in [0.25, 0.3) is 0 Å². The van der Waals surface area contributed by atoms with E-state index in [9.17, 15) is 4.79 Å². The standard InChI is InChI=1S/C12H25NO3/c1-5-13-12(3,11(14)15-4)9-7-8-10-16-6-2/h13H,5-10H2,1-4H3. The van der Waals surface area contributed by atoms with Crippen molar-refractivity contribution < 1.29 is 14.3 Å². The number of nitrogens with one attached hydrogen (secondary N) is 1. The second-order valence-corrected chi connectivity index (χ2v) is 4.01. The van der Waals surface area contributed by atoms with Gasteiger partial charge in [0.2, 0.25) is 0 Å². The molecular formula is C12H25NO3. The Morgan fingerprint density at radius 2 is 2.00 bits per heavy atom. The average Bonchev–Trinajstić information content (AvgIpc) is 2.28. The van der Waals surface area contributed by atoms with Crippen LogP contribution in [0.15, 0.2) is 0 Å². The monoisotopic (exact) mass is 231 g/mol. The molecule has 0 aromatic rings. The van der Waals surface area contributed by atoms with E-state index in [2.05, 4.69) is 5.32 Å². The first kappa shape index (κ1) is 15.4. The van der Waals surface area contributed by atoms with Crippen molar-refractivity contribution in [3.63, 3.8) is 0 Å². The third-order valence-electron chi connectivity index (χ3n) is 2.62. The summed E-state index contributed by atoms with van der Waals surface area (Å²) in [5.41, 5.74) is -0.560. The van der Waals surface area contributed by atoms with E-state index in [1.807, 2.05) is 20.8 Å². The quantitative estimate of drug-likeness (QED) is 0.485. The molecule has 0 aliphatic rings. The third-order valence-corrected chi connectivity index (χ3v) is 2.62. The Bertz CT molecular complexity index is 197. The molecule has 0 spiro atoms. The predicted octanol–water partition coefficient (Wildman–Crippen LogP) is 1.73. The highest BCUT2D eigenvalue weighted by atomic mass is 16.5. The number of rotatable bonds is 9. The van der Waals surface area contributed by atoms with Crippen LogP contribution in [-0.4, -0.2) is 38.4 Å². The number of carbonyl (C=O) groups excluding carboxylic acids is 1. The normalized spacial score (nSPS) is 14.5. The van der Waals surface area contributed by atoms with E-state index >= 15 is 0 Å². The first-order valence-electron chi connectivity index (χ1n) is 6.02. The van der Waals surface area contributed by atoms with E-state index in [1.54, 1.807) is 0 Å². The highest BCUT2D eigenvalue weighted by molar-refractivity contribution is 5.80. The number of ether oxygens (including phenoxy) is 2. The zero-order valence-electron chi connectivity index (χ0n) is 11.0.